The fourth-order valence-electron chi connectivity index (χ4n) is 2.14. The molecule has 0 spiro atoms. The lowest BCUT2D eigenvalue weighted by molar-refractivity contribution is -0.0943. The summed E-state index contributed by atoms with van der Waals surface area (Å²) in [6.45, 7) is 2.36. The van der Waals surface area contributed by atoms with Crippen LogP contribution in [0.25, 0.3) is 0 Å². The second-order valence-corrected chi connectivity index (χ2v) is 4.56. The van der Waals surface area contributed by atoms with Crippen LogP contribution in [0.15, 0.2) is 29.8 Å². The summed E-state index contributed by atoms with van der Waals surface area (Å²) >= 11 is 0. The fraction of sp³-hybridized carbons (Fsp3) is 0.357. The molecule has 0 unspecified atom stereocenters. The van der Waals surface area contributed by atoms with Crippen LogP contribution in [0.5, 0.6) is 0 Å². The minimum atomic E-state index is -4.24. The summed E-state index contributed by atoms with van der Waals surface area (Å²) in [5, 5.41) is 9.05. The van der Waals surface area contributed by atoms with Gasteiger partial charge in [-0.25, -0.2) is 0 Å². The Labute approximate surface area is 109 Å². The van der Waals surface area contributed by atoms with E-state index in [4.69, 9.17) is 5.26 Å². The molecule has 0 radical (unpaired) electrons. The minimum absolute atomic E-state index is 0.0394. The zero-order valence-corrected chi connectivity index (χ0v) is 10.5. The maximum atomic E-state index is 12.5. The van der Waals surface area contributed by atoms with Crippen LogP contribution in [0.4, 0.5) is 18.9 Å². The first-order valence-corrected chi connectivity index (χ1v) is 5.94. The van der Waals surface area contributed by atoms with Crippen LogP contribution in [0.1, 0.15) is 17.5 Å². The highest BCUT2D eigenvalue weighted by molar-refractivity contribution is 5.61. The molecular formula is C14H13F3N2. The number of hydrogen-bond donors (Lipinski definition) is 0. The molecular weight excluding hydrogens is 253 g/mol. The van der Waals surface area contributed by atoms with Gasteiger partial charge in [-0.05, 0) is 31.0 Å². The van der Waals surface area contributed by atoms with Crippen LogP contribution in [0.2, 0.25) is 0 Å². The molecule has 0 aromatic heterocycles. The monoisotopic (exact) mass is 266 g/mol. The first-order chi connectivity index (χ1) is 8.91. The van der Waals surface area contributed by atoms with Gasteiger partial charge in [-0.3, -0.25) is 0 Å². The van der Waals surface area contributed by atoms with E-state index in [2.05, 4.69) is 6.07 Å². The van der Waals surface area contributed by atoms with Gasteiger partial charge in [-0.2, -0.15) is 18.4 Å². The number of benzene rings is 1. The normalized spacial score (nSPS) is 15.9. The standard InChI is InChI=1S/C14H13F3N2/c1-10-2-3-11(9-18)13(8-10)19-6-4-12(5-7-19)14(15,16)17/h2-4,8H,5-7H2,1H3. The molecule has 0 fully saturated rings. The van der Waals surface area contributed by atoms with Crippen LogP contribution >= 0.6 is 0 Å². The summed E-state index contributed by atoms with van der Waals surface area (Å²) < 4.78 is 37.6. The van der Waals surface area contributed by atoms with Crippen LogP contribution in [-0.4, -0.2) is 19.3 Å². The molecule has 1 aromatic rings. The van der Waals surface area contributed by atoms with Crippen molar-refractivity contribution in [2.24, 2.45) is 0 Å². The molecule has 1 aliphatic heterocycles. The van der Waals surface area contributed by atoms with E-state index in [1.54, 1.807) is 11.0 Å². The Morgan fingerprint density at radius 2 is 2.05 bits per heavy atom. The van der Waals surface area contributed by atoms with Crippen LogP contribution in [-0.2, 0) is 0 Å². The van der Waals surface area contributed by atoms with Gasteiger partial charge in [0.15, 0.2) is 0 Å². The van der Waals surface area contributed by atoms with Crippen LogP contribution in [0, 0.1) is 18.3 Å². The first-order valence-electron chi connectivity index (χ1n) is 5.94. The highest BCUT2D eigenvalue weighted by Gasteiger charge is 2.34. The fourth-order valence-corrected chi connectivity index (χ4v) is 2.14. The van der Waals surface area contributed by atoms with Crippen molar-refractivity contribution in [3.8, 4) is 6.07 Å². The number of alkyl halides is 3. The Morgan fingerprint density at radius 1 is 1.32 bits per heavy atom. The van der Waals surface area contributed by atoms with E-state index < -0.39 is 11.7 Å². The van der Waals surface area contributed by atoms with Gasteiger partial charge in [0, 0.05) is 18.7 Å². The Kier molecular flexibility index (Phi) is 3.52. The van der Waals surface area contributed by atoms with E-state index in [-0.39, 0.29) is 19.5 Å². The lowest BCUT2D eigenvalue weighted by atomic mass is 10.0. The van der Waals surface area contributed by atoms with Gasteiger partial charge < -0.3 is 4.90 Å². The zero-order valence-electron chi connectivity index (χ0n) is 10.5. The van der Waals surface area contributed by atoms with Gasteiger partial charge in [-0.15, -0.1) is 0 Å². The molecule has 19 heavy (non-hydrogen) atoms. The van der Waals surface area contributed by atoms with Gasteiger partial charge in [-0.1, -0.05) is 12.1 Å². The molecule has 0 aliphatic carbocycles. The molecule has 5 heteroatoms. The summed E-state index contributed by atoms with van der Waals surface area (Å²) in [6, 6.07) is 7.44. The number of nitriles is 1. The Hall–Kier alpha value is -1.96. The smallest absolute Gasteiger partial charge is 0.366 e. The molecule has 2 rings (SSSR count). The maximum Gasteiger partial charge on any atom is 0.412 e. The molecule has 0 atom stereocenters. The quantitative estimate of drug-likeness (QED) is 0.727. The molecule has 0 N–H and O–H groups in total. The van der Waals surface area contributed by atoms with Crippen LogP contribution < -0.4 is 4.90 Å². The topological polar surface area (TPSA) is 27.0 Å². The minimum Gasteiger partial charge on any atom is -0.366 e. The molecule has 1 heterocycles. The lowest BCUT2D eigenvalue weighted by Crippen LogP contribution is -2.32. The lowest BCUT2D eigenvalue weighted by Gasteiger charge is -2.30. The van der Waals surface area contributed by atoms with E-state index >= 15 is 0 Å². The number of rotatable bonds is 1. The van der Waals surface area contributed by atoms with Crippen molar-refractivity contribution in [2.75, 3.05) is 18.0 Å². The molecule has 100 valence electrons. The predicted octanol–water partition coefficient (Wildman–Crippen LogP) is 3.57. The SMILES string of the molecule is Cc1ccc(C#N)c(N2CC=C(C(F)(F)F)CC2)c1. The molecule has 1 aliphatic rings. The number of hydrogen-bond acceptors (Lipinski definition) is 2. The van der Waals surface area contributed by atoms with E-state index in [1.165, 1.54) is 6.08 Å². The molecule has 0 saturated heterocycles. The average molecular weight is 266 g/mol. The highest BCUT2D eigenvalue weighted by atomic mass is 19.4. The van der Waals surface area contributed by atoms with Gasteiger partial charge in [0.25, 0.3) is 0 Å². The summed E-state index contributed by atoms with van der Waals surface area (Å²) in [5.74, 6) is 0. The van der Waals surface area contributed by atoms with E-state index in [1.807, 2.05) is 19.1 Å². The van der Waals surface area contributed by atoms with Crippen molar-refractivity contribution in [2.45, 2.75) is 19.5 Å². The van der Waals surface area contributed by atoms with Gasteiger partial charge in [0.05, 0.1) is 11.3 Å². The zero-order chi connectivity index (χ0) is 14.0. The predicted molar refractivity (Wildman–Crippen MR) is 66.9 cm³/mol. The molecule has 0 amide bonds. The van der Waals surface area contributed by atoms with Crippen molar-refractivity contribution in [3.63, 3.8) is 0 Å². The summed E-state index contributed by atoms with van der Waals surface area (Å²) in [5.41, 5.74) is 1.71. The van der Waals surface area contributed by atoms with Crippen LogP contribution in [0.3, 0.4) is 0 Å². The first kappa shape index (κ1) is 13.5. The number of aryl methyl sites for hydroxylation is 1. The second kappa shape index (κ2) is 4.96. The maximum absolute atomic E-state index is 12.5. The van der Waals surface area contributed by atoms with Gasteiger partial charge in [0.1, 0.15) is 6.07 Å². The number of halogens is 3. The Bertz CT molecular complexity index is 553. The molecule has 2 nitrogen and oxygen atoms in total. The van der Waals surface area contributed by atoms with Crippen molar-refractivity contribution < 1.29 is 13.2 Å². The molecule has 0 bridgehead atoms. The Morgan fingerprint density at radius 3 is 2.58 bits per heavy atom. The van der Waals surface area contributed by atoms with E-state index in [0.29, 0.717) is 11.3 Å². The largest absolute Gasteiger partial charge is 0.412 e. The average Bonchev–Trinajstić information content (AvgIpc) is 2.38. The summed E-state index contributed by atoms with van der Waals surface area (Å²) in [7, 11) is 0. The third kappa shape index (κ3) is 2.90. The third-order valence-electron chi connectivity index (χ3n) is 3.19. The third-order valence-corrected chi connectivity index (χ3v) is 3.19. The van der Waals surface area contributed by atoms with Gasteiger partial charge >= 0.3 is 6.18 Å². The van der Waals surface area contributed by atoms with Crippen molar-refractivity contribution in [1.29, 1.82) is 5.26 Å². The number of nitrogens with zero attached hydrogens (tertiary/aromatic N) is 2. The number of anilines is 1. The van der Waals surface area contributed by atoms with Crippen molar-refractivity contribution in [1.82, 2.24) is 0 Å². The van der Waals surface area contributed by atoms with Crippen molar-refractivity contribution >= 4 is 5.69 Å². The summed E-state index contributed by atoms with van der Waals surface area (Å²) in [6.07, 6.45) is -3.08. The highest BCUT2D eigenvalue weighted by Crippen LogP contribution is 2.32. The molecule has 0 saturated carbocycles. The molecule has 1 aromatic carbocycles. The van der Waals surface area contributed by atoms with E-state index in [9.17, 15) is 13.2 Å². The van der Waals surface area contributed by atoms with Gasteiger partial charge in [0.2, 0.25) is 0 Å². The second-order valence-electron chi connectivity index (χ2n) is 4.56. The summed E-state index contributed by atoms with van der Waals surface area (Å²) in [4.78, 5) is 1.81. The van der Waals surface area contributed by atoms with Crippen molar-refractivity contribution in [3.05, 3.63) is 41.0 Å². The van der Waals surface area contributed by atoms with E-state index in [0.717, 1.165) is 5.56 Å². The Balaban J connectivity index is 2.25.